The topological polar surface area (TPSA) is 105 Å². The number of rotatable bonds is 8. The second-order valence-electron chi connectivity index (χ2n) is 8.31. The van der Waals surface area contributed by atoms with Gasteiger partial charge in [-0.2, -0.15) is 0 Å². The predicted octanol–water partition coefficient (Wildman–Crippen LogP) is 3.13. The van der Waals surface area contributed by atoms with Crippen LogP contribution in [0, 0.1) is 0 Å². The molecule has 1 aliphatic rings. The molecule has 0 bridgehead atoms. The van der Waals surface area contributed by atoms with Gasteiger partial charge in [0, 0.05) is 6.92 Å². The number of thiazole rings is 1. The van der Waals surface area contributed by atoms with E-state index in [0.717, 1.165) is 5.56 Å². The molecule has 0 fully saturated rings. The highest BCUT2D eigenvalue weighted by molar-refractivity contribution is 7.07. The minimum atomic E-state index is -0.774. The number of hydrogen-bond donors (Lipinski definition) is 0. The lowest BCUT2D eigenvalue weighted by Gasteiger charge is -2.25. The third-order valence-corrected chi connectivity index (χ3v) is 6.74. The SMILES string of the molecule is CCOC(=O)C1=C(C)N=c2s/c(=C\c3ccc(OC(C)=O)cc3)c(=O)n2[C@@H]1c1ccc(OC)c(OCC)c1. The highest BCUT2D eigenvalue weighted by atomic mass is 32.1. The largest absolute Gasteiger partial charge is 0.493 e. The molecule has 0 unspecified atom stereocenters. The summed E-state index contributed by atoms with van der Waals surface area (Å²) < 4.78 is 23.6. The van der Waals surface area contributed by atoms with Crippen molar-refractivity contribution in [2.75, 3.05) is 20.3 Å². The Morgan fingerprint density at radius 2 is 1.82 bits per heavy atom. The molecule has 0 N–H and O–H groups in total. The van der Waals surface area contributed by atoms with Crippen molar-refractivity contribution in [3.05, 3.63) is 84.5 Å². The molecular weight excluding hydrogens is 508 g/mol. The number of fused-ring (bicyclic) bond motifs is 1. The molecule has 38 heavy (non-hydrogen) atoms. The van der Waals surface area contributed by atoms with Crippen LogP contribution in [0.5, 0.6) is 17.2 Å². The molecule has 10 heteroatoms. The fraction of sp³-hybridized carbons (Fsp3) is 0.286. The van der Waals surface area contributed by atoms with Crippen molar-refractivity contribution in [3.8, 4) is 17.2 Å². The zero-order valence-corrected chi connectivity index (χ0v) is 22.6. The zero-order chi connectivity index (χ0) is 27.4. The van der Waals surface area contributed by atoms with Crippen LogP contribution in [-0.2, 0) is 14.3 Å². The van der Waals surface area contributed by atoms with Crippen LogP contribution in [0.15, 0.2) is 63.5 Å². The molecule has 9 nitrogen and oxygen atoms in total. The Hall–Kier alpha value is -4.18. The van der Waals surface area contributed by atoms with E-state index in [2.05, 4.69) is 4.99 Å². The van der Waals surface area contributed by atoms with Crippen LogP contribution in [0.4, 0.5) is 0 Å². The first-order chi connectivity index (χ1) is 18.3. The van der Waals surface area contributed by atoms with E-state index in [1.165, 1.54) is 22.8 Å². The molecule has 0 spiro atoms. The molecule has 0 saturated heterocycles. The molecule has 1 atom stereocenters. The standard InChI is InChI=1S/C28H28N2O7S/c1-6-35-22-15-19(10-13-21(22)34-5)25-24(27(33)36-7-2)16(3)29-28-30(25)26(32)23(38-28)14-18-8-11-20(12-9-18)37-17(4)31/h8-15,25H,6-7H2,1-5H3/b23-14-/t25-/m1/s1. The summed E-state index contributed by atoms with van der Waals surface area (Å²) in [5.41, 5.74) is 1.85. The molecule has 1 aliphatic heterocycles. The number of methoxy groups -OCH3 is 1. The van der Waals surface area contributed by atoms with E-state index in [1.54, 1.807) is 69.5 Å². The van der Waals surface area contributed by atoms with E-state index < -0.39 is 18.0 Å². The summed E-state index contributed by atoms with van der Waals surface area (Å²) in [6, 6.07) is 11.4. The molecule has 0 amide bonds. The molecule has 1 aromatic heterocycles. The zero-order valence-electron chi connectivity index (χ0n) is 21.8. The third-order valence-electron chi connectivity index (χ3n) is 5.76. The van der Waals surface area contributed by atoms with E-state index in [9.17, 15) is 14.4 Å². The van der Waals surface area contributed by atoms with Gasteiger partial charge >= 0.3 is 11.9 Å². The lowest BCUT2D eigenvalue weighted by molar-refractivity contribution is -0.139. The monoisotopic (exact) mass is 536 g/mol. The number of carbonyl (C=O) groups excluding carboxylic acids is 2. The lowest BCUT2D eigenvalue weighted by atomic mass is 9.95. The van der Waals surface area contributed by atoms with Crippen molar-refractivity contribution in [2.45, 2.75) is 33.7 Å². The number of carbonyl (C=O) groups is 2. The van der Waals surface area contributed by atoms with Gasteiger partial charge in [-0.05, 0) is 62.2 Å². The Balaban J connectivity index is 1.89. The van der Waals surface area contributed by atoms with E-state index in [-0.39, 0.29) is 17.7 Å². The average molecular weight is 537 g/mol. The Labute approximate surface area is 223 Å². The first-order valence-corrected chi connectivity index (χ1v) is 12.9. The van der Waals surface area contributed by atoms with Crippen LogP contribution >= 0.6 is 11.3 Å². The highest BCUT2D eigenvalue weighted by Crippen LogP contribution is 2.36. The van der Waals surface area contributed by atoms with Crippen LogP contribution in [0.1, 0.15) is 44.9 Å². The summed E-state index contributed by atoms with van der Waals surface area (Å²) in [7, 11) is 1.55. The fourth-order valence-corrected chi connectivity index (χ4v) is 5.23. The number of esters is 2. The van der Waals surface area contributed by atoms with Gasteiger partial charge in [0.25, 0.3) is 5.56 Å². The van der Waals surface area contributed by atoms with Gasteiger partial charge in [-0.3, -0.25) is 14.2 Å². The minimum absolute atomic E-state index is 0.183. The highest BCUT2D eigenvalue weighted by Gasteiger charge is 2.34. The van der Waals surface area contributed by atoms with E-state index >= 15 is 0 Å². The van der Waals surface area contributed by atoms with Gasteiger partial charge in [0.1, 0.15) is 5.75 Å². The summed E-state index contributed by atoms with van der Waals surface area (Å²) in [6.07, 6.45) is 1.74. The number of nitrogens with zero attached hydrogens (tertiary/aromatic N) is 2. The summed E-state index contributed by atoms with van der Waals surface area (Å²) in [5.74, 6) is 0.502. The Morgan fingerprint density at radius 1 is 1.08 bits per heavy atom. The smallest absolute Gasteiger partial charge is 0.338 e. The van der Waals surface area contributed by atoms with E-state index in [0.29, 0.717) is 44.4 Å². The second-order valence-corrected chi connectivity index (χ2v) is 9.32. The van der Waals surface area contributed by atoms with E-state index in [1.807, 2.05) is 6.92 Å². The van der Waals surface area contributed by atoms with Gasteiger partial charge in [-0.1, -0.05) is 29.5 Å². The number of aromatic nitrogens is 1. The first-order valence-electron chi connectivity index (χ1n) is 12.1. The average Bonchev–Trinajstić information content (AvgIpc) is 3.18. The van der Waals surface area contributed by atoms with E-state index in [4.69, 9.17) is 18.9 Å². The summed E-state index contributed by atoms with van der Waals surface area (Å²) in [5, 5.41) is 0. The number of ether oxygens (including phenoxy) is 4. The fourth-order valence-electron chi connectivity index (χ4n) is 4.19. The first kappa shape index (κ1) is 26.9. The Kier molecular flexibility index (Phi) is 8.11. The molecule has 198 valence electrons. The minimum Gasteiger partial charge on any atom is -0.493 e. The molecule has 3 aromatic rings. The quantitative estimate of drug-likeness (QED) is 0.322. The third kappa shape index (κ3) is 5.40. The van der Waals surface area contributed by atoms with Crippen molar-refractivity contribution in [1.82, 2.24) is 4.57 Å². The van der Waals surface area contributed by atoms with Gasteiger partial charge < -0.3 is 18.9 Å². The van der Waals surface area contributed by atoms with Gasteiger partial charge in [-0.25, -0.2) is 9.79 Å². The second kappa shape index (κ2) is 11.5. The van der Waals surface area contributed by atoms with Crippen molar-refractivity contribution in [3.63, 3.8) is 0 Å². The Bertz CT molecular complexity index is 1580. The van der Waals surface area contributed by atoms with Crippen LogP contribution in [-0.4, -0.2) is 36.8 Å². The summed E-state index contributed by atoms with van der Waals surface area (Å²) in [4.78, 5) is 43.1. The van der Waals surface area contributed by atoms with Crippen LogP contribution in [0.2, 0.25) is 0 Å². The lowest BCUT2D eigenvalue weighted by Crippen LogP contribution is -2.40. The van der Waals surface area contributed by atoms with Gasteiger partial charge in [0.2, 0.25) is 0 Å². The van der Waals surface area contributed by atoms with Gasteiger partial charge in [0.05, 0.1) is 42.2 Å². The maximum atomic E-state index is 13.8. The summed E-state index contributed by atoms with van der Waals surface area (Å²) in [6.45, 7) is 7.25. The molecule has 2 aromatic carbocycles. The normalized spacial score (nSPS) is 15.0. The number of benzene rings is 2. The summed E-state index contributed by atoms with van der Waals surface area (Å²) >= 11 is 1.22. The molecular formula is C28H28N2O7S. The van der Waals surface area contributed by atoms with Crippen molar-refractivity contribution in [1.29, 1.82) is 0 Å². The number of hydrogen-bond acceptors (Lipinski definition) is 9. The van der Waals surface area contributed by atoms with Crippen LogP contribution < -0.4 is 29.1 Å². The maximum Gasteiger partial charge on any atom is 0.338 e. The van der Waals surface area contributed by atoms with Crippen molar-refractivity contribution in [2.24, 2.45) is 4.99 Å². The molecule has 2 heterocycles. The van der Waals surface area contributed by atoms with Gasteiger partial charge in [0.15, 0.2) is 16.3 Å². The number of allylic oxidation sites excluding steroid dienone is 1. The maximum absolute atomic E-state index is 13.8. The molecule has 4 rings (SSSR count). The van der Waals surface area contributed by atoms with Crippen molar-refractivity contribution >= 4 is 29.4 Å². The molecule has 0 radical (unpaired) electrons. The Morgan fingerprint density at radius 3 is 2.45 bits per heavy atom. The van der Waals surface area contributed by atoms with Crippen molar-refractivity contribution < 1.29 is 28.5 Å². The van der Waals surface area contributed by atoms with Crippen LogP contribution in [0.25, 0.3) is 6.08 Å². The molecule has 0 saturated carbocycles. The van der Waals surface area contributed by atoms with Crippen LogP contribution in [0.3, 0.4) is 0 Å². The predicted molar refractivity (Wildman–Crippen MR) is 142 cm³/mol. The van der Waals surface area contributed by atoms with Gasteiger partial charge in [-0.15, -0.1) is 0 Å². The molecule has 0 aliphatic carbocycles.